The van der Waals surface area contributed by atoms with Crippen molar-refractivity contribution in [2.75, 3.05) is 16.8 Å². The Balaban J connectivity index is 1.71. The number of carbonyl (C=O) groups excluding carboxylic acids is 2. The number of anilines is 2. The number of halogens is 1. The van der Waals surface area contributed by atoms with E-state index < -0.39 is 0 Å². The maximum Gasteiger partial charge on any atom is 0.229 e. The topological polar surface area (TPSA) is 49.4 Å². The Hall–Kier alpha value is -2.33. The summed E-state index contributed by atoms with van der Waals surface area (Å²) in [7, 11) is 0. The third-order valence-electron chi connectivity index (χ3n) is 3.96. The Morgan fingerprint density at radius 1 is 1.17 bits per heavy atom. The Morgan fingerprint density at radius 3 is 2.57 bits per heavy atom. The van der Waals surface area contributed by atoms with Gasteiger partial charge in [0.05, 0.1) is 16.6 Å². The zero-order chi connectivity index (χ0) is 16.4. The van der Waals surface area contributed by atoms with Crippen molar-refractivity contribution in [1.82, 2.24) is 0 Å². The average molecular weight is 329 g/mol. The number of carbonyl (C=O) groups is 2. The monoisotopic (exact) mass is 328 g/mol. The second-order valence-electron chi connectivity index (χ2n) is 5.71. The predicted octanol–water partition coefficient (Wildman–Crippen LogP) is 3.64. The molecule has 3 rings (SSSR count). The van der Waals surface area contributed by atoms with Gasteiger partial charge in [-0.1, -0.05) is 41.4 Å². The largest absolute Gasteiger partial charge is 0.326 e. The minimum absolute atomic E-state index is 0.0813. The van der Waals surface area contributed by atoms with Crippen LogP contribution < -0.4 is 10.2 Å². The SMILES string of the molecule is Cc1ccc(NC(=O)[C@H]2CC(=O)N(c3ccccc3Cl)C2)cc1. The van der Waals surface area contributed by atoms with E-state index in [0.717, 1.165) is 11.3 Å². The number of para-hydroxylation sites is 1. The zero-order valence-electron chi connectivity index (χ0n) is 12.8. The predicted molar refractivity (Wildman–Crippen MR) is 91.7 cm³/mol. The quantitative estimate of drug-likeness (QED) is 0.935. The number of hydrogen-bond acceptors (Lipinski definition) is 2. The lowest BCUT2D eigenvalue weighted by Crippen LogP contribution is -2.28. The van der Waals surface area contributed by atoms with Crippen LogP contribution in [0.25, 0.3) is 0 Å². The summed E-state index contributed by atoms with van der Waals surface area (Å²) in [5.74, 6) is -0.598. The van der Waals surface area contributed by atoms with E-state index in [1.165, 1.54) is 0 Å². The number of benzene rings is 2. The summed E-state index contributed by atoms with van der Waals surface area (Å²) >= 11 is 6.15. The maximum atomic E-state index is 12.4. The molecule has 1 aliphatic heterocycles. The average Bonchev–Trinajstić information content (AvgIpc) is 2.92. The Labute approximate surface area is 140 Å². The van der Waals surface area contributed by atoms with Crippen LogP contribution >= 0.6 is 11.6 Å². The summed E-state index contributed by atoms with van der Waals surface area (Å²) < 4.78 is 0. The van der Waals surface area contributed by atoms with Gasteiger partial charge in [0.2, 0.25) is 11.8 Å². The van der Waals surface area contributed by atoms with Gasteiger partial charge in [0.25, 0.3) is 0 Å². The fourth-order valence-electron chi connectivity index (χ4n) is 2.67. The van der Waals surface area contributed by atoms with E-state index in [9.17, 15) is 9.59 Å². The van der Waals surface area contributed by atoms with Crippen molar-refractivity contribution < 1.29 is 9.59 Å². The Bertz CT molecular complexity index is 743. The third-order valence-corrected chi connectivity index (χ3v) is 4.28. The molecule has 2 aromatic rings. The number of amides is 2. The molecule has 1 heterocycles. The molecule has 0 saturated carbocycles. The van der Waals surface area contributed by atoms with E-state index in [-0.39, 0.29) is 24.2 Å². The van der Waals surface area contributed by atoms with Gasteiger partial charge in [-0.25, -0.2) is 0 Å². The highest BCUT2D eigenvalue weighted by atomic mass is 35.5. The summed E-state index contributed by atoms with van der Waals surface area (Å²) in [5.41, 5.74) is 2.53. The summed E-state index contributed by atoms with van der Waals surface area (Å²) in [6.07, 6.45) is 0.197. The lowest BCUT2D eigenvalue weighted by Gasteiger charge is -2.18. The molecule has 4 nitrogen and oxygen atoms in total. The molecule has 0 unspecified atom stereocenters. The van der Waals surface area contributed by atoms with E-state index in [0.29, 0.717) is 17.3 Å². The second-order valence-corrected chi connectivity index (χ2v) is 6.12. The van der Waals surface area contributed by atoms with Gasteiger partial charge in [0.1, 0.15) is 0 Å². The second kappa shape index (κ2) is 6.42. The molecule has 2 amide bonds. The van der Waals surface area contributed by atoms with Crippen LogP contribution in [0.15, 0.2) is 48.5 Å². The molecule has 1 aliphatic rings. The molecular formula is C18H17ClN2O2. The molecule has 1 atom stereocenters. The normalized spacial score (nSPS) is 17.4. The van der Waals surface area contributed by atoms with Crippen molar-refractivity contribution in [3.05, 3.63) is 59.1 Å². The minimum atomic E-state index is -0.375. The molecule has 0 radical (unpaired) electrons. The molecule has 2 aromatic carbocycles. The molecule has 0 bridgehead atoms. The van der Waals surface area contributed by atoms with Crippen molar-refractivity contribution >= 4 is 34.8 Å². The van der Waals surface area contributed by atoms with Crippen LogP contribution in [0.2, 0.25) is 5.02 Å². The lowest BCUT2D eigenvalue weighted by molar-refractivity contribution is -0.122. The molecule has 23 heavy (non-hydrogen) atoms. The van der Waals surface area contributed by atoms with E-state index >= 15 is 0 Å². The van der Waals surface area contributed by atoms with Crippen LogP contribution in [-0.4, -0.2) is 18.4 Å². The standard InChI is InChI=1S/C18H17ClN2O2/c1-12-6-8-14(9-7-12)20-18(23)13-10-17(22)21(11-13)16-5-3-2-4-15(16)19/h2-9,13H,10-11H2,1H3,(H,20,23)/t13-/m0/s1. The molecule has 1 N–H and O–H groups in total. The van der Waals surface area contributed by atoms with Crippen molar-refractivity contribution in [2.45, 2.75) is 13.3 Å². The highest BCUT2D eigenvalue weighted by molar-refractivity contribution is 6.33. The molecule has 1 fully saturated rings. The Morgan fingerprint density at radius 2 is 1.87 bits per heavy atom. The molecule has 0 aliphatic carbocycles. The van der Waals surface area contributed by atoms with E-state index in [2.05, 4.69) is 5.32 Å². The highest BCUT2D eigenvalue weighted by Gasteiger charge is 2.35. The van der Waals surface area contributed by atoms with E-state index in [4.69, 9.17) is 11.6 Å². The van der Waals surface area contributed by atoms with Crippen molar-refractivity contribution in [3.8, 4) is 0 Å². The number of hydrogen-bond donors (Lipinski definition) is 1. The van der Waals surface area contributed by atoms with E-state index in [1.54, 1.807) is 17.0 Å². The van der Waals surface area contributed by atoms with Gasteiger partial charge in [-0.15, -0.1) is 0 Å². The zero-order valence-corrected chi connectivity index (χ0v) is 13.5. The summed E-state index contributed by atoms with van der Waals surface area (Å²) in [6.45, 7) is 2.34. The lowest BCUT2D eigenvalue weighted by atomic mass is 10.1. The molecule has 5 heteroatoms. The van der Waals surface area contributed by atoms with Crippen LogP contribution in [0.1, 0.15) is 12.0 Å². The first-order valence-electron chi connectivity index (χ1n) is 7.47. The first-order valence-corrected chi connectivity index (χ1v) is 7.85. The van der Waals surface area contributed by atoms with Gasteiger partial charge in [0, 0.05) is 18.7 Å². The maximum absolute atomic E-state index is 12.4. The van der Waals surface area contributed by atoms with Crippen molar-refractivity contribution in [2.24, 2.45) is 5.92 Å². The summed E-state index contributed by atoms with van der Waals surface area (Å²) in [5, 5.41) is 3.38. The van der Waals surface area contributed by atoms with Gasteiger partial charge >= 0.3 is 0 Å². The first kappa shape index (κ1) is 15.6. The van der Waals surface area contributed by atoms with Gasteiger partial charge in [0.15, 0.2) is 0 Å². The fourth-order valence-corrected chi connectivity index (χ4v) is 2.91. The van der Waals surface area contributed by atoms with Crippen LogP contribution in [0, 0.1) is 12.8 Å². The summed E-state index contributed by atoms with van der Waals surface area (Å²) in [6, 6.07) is 14.8. The summed E-state index contributed by atoms with van der Waals surface area (Å²) in [4.78, 5) is 26.2. The van der Waals surface area contributed by atoms with Crippen LogP contribution in [0.3, 0.4) is 0 Å². The number of rotatable bonds is 3. The van der Waals surface area contributed by atoms with Gasteiger partial charge in [-0.3, -0.25) is 9.59 Å². The molecule has 118 valence electrons. The minimum Gasteiger partial charge on any atom is -0.326 e. The van der Waals surface area contributed by atoms with Crippen molar-refractivity contribution in [3.63, 3.8) is 0 Å². The third kappa shape index (κ3) is 3.37. The number of aryl methyl sites for hydroxylation is 1. The van der Waals surface area contributed by atoms with E-state index in [1.807, 2.05) is 43.3 Å². The van der Waals surface area contributed by atoms with Crippen molar-refractivity contribution in [1.29, 1.82) is 0 Å². The molecule has 1 saturated heterocycles. The van der Waals surface area contributed by atoms with Crippen LogP contribution in [0.5, 0.6) is 0 Å². The highest BCUT2D eigenvalue weighted by Crippen LogP contribution is 2.31. The van der Waals surface area contributed by atoms with Gasteiger partial charge < -0.3 is 10.2 Å². The molecule has 0 aromatic heterocycles. The molecular weight excluding hydrogens is 312 g/mol. The Kier molecular flexibility index (Phi) is 4.35. The van der Waals surface area contributed by atoms with Gasteiger partial charge in [-0.05, 0) is 31.2 Å². The number of nitrogens with zero attached hydrogens (tertiary/aromatic N) is 1. The number of nitrogens with one attached hydrogen (secondary N) is 1. The van der Waals surface area contributed by atoms with Crippen LogP contribution in [-0.2, 0) is 9.59 Å². The molecule has 0 spiro atoms. The smallest absolute Gasteiger partial charge is 0.229 e. The van der Waals surface area contributed by atoms with Crippen LogP contribution in [0.4, 0.5) is 11.4 Å². The first-order chi connectivity index (χ1) is 11.0. The van der Waals surface area contributed by atoms with Gasteiger partial charge in [-0.2, -0.15) is 0 Å². The fraction of sp³-hybridized carbons (Fsp3) is 0.222.